The van der Waals surface area contributed by atoms with E-state index in [0.717, 1.165) is 18.6 Å². The molecule has 14 heavy (non-hydrogen) atoms. The smallest absolute Gasteiger partial charge is 0.153 e. The largest absolute Gasteiger partial charge is 0.490 e. The number of carbonyl (C=O) groups is 1. The highest BCUT2D eigenvalue weighted by molar-refractivity contribution is 5.59. The van der Waals surface area contributed by atoms with Crippen LogP contribution in [0.15, 0.2) is 24.3 Å². The van der Waals surface area contributed by atoms with E-state index in [0.29, 0.717) is 18.0 Å². The van der Waals surface area contributed by atoms with Crippen molar-refractivity contribution < 1.29 is 14.6 Å². The van der Waals surface area contributed by atoms with E-state index in [9.17, 15) is 9.90 Å². The van der Waals surface area contributed by atoms with Crippen LogP contribution >= 0.6 is 0 Å². The molecule has 1 aliphatic carbocycles. The average molecular weight is 192 g/mol. The second kappa shape index (κ2) is 3.80. The van der Waals surface area contributed by atoms with Crippen molar-refractivity contribution in [3.05, 3.63) is 29.8 Å². The van der Waals surface area contributed by atoms with E-state index in [-0.39, 0.29) is 0 Å². The first-order chi connectivity index (χ1) is 6.79. The fraction of sp³-hybridized carbons (Fsp3) is 0.364. The van der Waals surface area contributed by atoms with E-state index in [1.54, 1.807) is 24.3 Å². The molecule has 0 spiro atoms. The average Bonchev–Trinajstić information content (AvgIpc) is 3.02. The molecule has 1 fully saturated rings. The number of ether oxygens (including phenoxy) is 1. The van der Waals surface area contributed by atoms with Gasteiger partial charge in [0.05, 0.1) is 6.10 Å². The van der Waals surface area contributed by atoms with Crippen LogP contribution in [-0.2, 0) is 4.79 Å². The molecule has 3 nitrogen and oxygen atoms in total. The van der Waals surface area contributed by atoms with Gasteiger partial charge in [-0.1, -0.05) is 12.1 Å². The van der Waals surface area contributed by atoms with E-state index in [1.807, 2.05) is 0 Å². The van der Waals surface area contributed by atoms with E-state index in [4.69, 9.17) is 4.74 Å². The lowest BCUT2D eigenvalue weighted by Crippen LogP contribution is -1.99. The number of aldehydes is 1. The third-order valence-electron chi connectivity index (χ3n) is 2.18. The van der Waals surface area contributed by atoms with Crippen LogP contribution in [0.1, 0.15) is 24.5 Å². The van der Waals surface area contributed by atoms with Crippen molar-refractivity contribution in [3.63, 3.8) is 0 Å². The van der Waals surface area contributed by atoms with Gasteiger partial charge in [-0.05, 0) is 30.5 Å². The van der Waals surface area contributed by atoms with Crippen LogP contribution in [0.4, 0.5) is 0 Å². The van der Waals surface area contributed by atoms with Gasteiger partial charge in [0.1, 0.15) is 11.9 Å². The molecule has 1 aliphatic rings. The van der Waals surface area contributed by atoms with Crippen LogP contribution in [0.25, 0.3) is 0 Å². The zero-order valence-corrected chi connectivity index (χ0v) is 7.72. The molecule has 0 heterocycles. The number of benzene rings is 1. The highest BCUT2D eigenvalue weighted by Crippen LogP contribution is 2.27. The highest BCUT2D eigenvalue weighted by atomic mass is 16.5. The fourth-order valence-electron chi connectivity index (χ4n) is 1.20. The summed E-state index contributed by atoms with van der Waals surface area (Å²) in [7, 11) is 0. The summed E-state index contributed by atoms with van der Waals surface area (Å²) in [5, 5.41) is 9.21. The summed E-state index contributed by atoms with van der Waals surface area (Å²) in [5.41, 5.74) is 0.600. The van der Waals surface area contributed by atoms with Gasteiger partial charge in [0, 0.05) is 0 Å². The van der Waals surface area contributed by atoms with Crippen LogP contribution in [0.2, 0.25) is 0 Å². The molecule has 0 bridgehead atoms. The lowest BCUT2D eigenvalue weighted by molar-refractivity contribution is -0.115. The molecule has 0 amide bonds. The van der Waals surface area contributed by atoms with Crippen molar-refractivity contribution in [2.75, 3.05) is 0 Å². The maximum Gasteiger partial charge on any atom is 0.153 e. The Hall–Kier alpha value is -1.35. The van der Waals surface area contributed by atoms with Crippen molar-refractivity contribution in [3.8, 4) is 5.75 Å². The topological polar surface area (TPSA) is 46.5 Å². The Bertz CT molecular complexity index is 314. The van der Waals surface area contributed by atoms with Crippen molar-refractivity contribution in [1.82, 2.24) is 0 Å². The molecule has 1 aromatic rings. The SMILES string of the molecule is O=CC(O)c1ccc(OC2CC2)cc1. The second-order valence-electron chi connectivity index (χ2n) is 3.47. The van der Waals surface area contributed by atoms with Crippen LogP contribution in [0.5, 0.6) is 5.75 Å². The molecular weight excluding hydrogens is 180 g/mol. The van der Waals surface area contributed by atoms with E-state index < -0.39 is 6.10 Å². The molecule has 0 aromatic heterocycles. The Morgan fingerprint density at radius 3 is 2.50 bits per heavy atom. The zero-order chi connectivity index (χ0) is 9.97. The Morgan fingerprint density at radius 2 is 2.00 bits per heavy atom. The summed E-state index contributed by atoms with van der Waals surface area (Å²) in [5.74, 6) is 0.800. The van der Waals surface area contributed by atoms with Crippen molar-refractivity contribution in [2.24, 2.45) is 0 Å². The Balaban J connectivity index is 2.04. The zero-order valence-electron chi connectivity index (χ0n) is 7.72. The minimum absolute atomic E-state index is 0.372. The van der Waals surface area contributed by atoms with E-state index in [1.165, 1.54) is 0 Å². The summed E-state index contributed by atoms with van der Waals surface area (Å²) >= 11 is 0. The second-order valence-corrected chi connectivity index (χ2v) is 3.47. The Morgan fingerprint density at radius 1 is 1.36 bits per heavy atom. The summed E-state index contributed by atoms with van der Waals surface area (Å²) in [6, 6.07) is 6.97. The van der Waals surface area contributed by atoms with Gasteiger partial charge in [-0.3, -0.25) is 0 Å². The van der Waals surface area contributed by atoms with E-state index >= 15 is 0 Å². The van der Waals surface area contributed by atoms with Gasteiger partial charge in [-0.15, -0.1) is 0 Å². The monoisotopic (exact) mass is 192 g/mol. The molecule has 0 aliphatic heterocycles. The van der Waals surface area contributed by atoms with Crippen molar-refractivity contribution >= 4 is 6.29 Å². The number of rotatable bonds is 4. The molecule has 2 rings (SSSR count). The van der Waals surface area contributed by atoms with Gasteiger partial charge in [-0.2, -0.15) is 0 Å². The van der Waals surface area contributed by atoms with Gasteiger partial charge in [-0.25, -0.2) is 0 Å². The summed E-state index contributed by atoms with van der Waals surface area (Å²) in [6.07, 6.45) is 2.11. The van der Waals surface area contributed by atoms with Crippen LogP contribution in [0, 0.1) is 0 Å². The minimum Gasteiger partial charge on any atom is -0.490 e. The standard InChI is InChI=1S/C11H12O3/c12-7-11(13)8-1-3-9(4-2-8)14-10-5-6-10/h1-4,7,10-11,13H,5-6H2. The van der Waals surface area contributed by atoms with Gasteiger partial charge >= 0.3 is 0 Å². The quantitative estimate of drug-likeness (QED) is 0.734. The van der Waals surface area contributed by atoms with E-state index in [2.05, 4.69) is 0 Å². The van der Waals surface area contributed by atoms with Gasteiger partial charge in [0.15, 0.2) is 6.29 Å². The summed E-state index contributed by atoms with van der Waals surface area (Å²) in [4.78, 5) is 10.3. The first-order valence-electron chi connectivity index (χ1n) is 4.69. The normalized spacial score (nSPS) is 17.5. The first kappa shape index (κ1) is 9.21. The molecular formula is C11H12O3. The molecule has 1 N–H and O–H groups in total. The Labute approximate surface area is 82.3 Å². The number of hydrogen-bond acceptors (Lipinski definition) is 3. The predicted molar refractivity (Wildman–Crippen MR) is 51.1 cm³/mol. The third-order valence-corrected chi connectivity index (χ3v) is 2.18. The number of aliphatic hydroxyl groups is 1. The van der Waals surface area contributed by atoms with Crippen LogP contribution in [-0.4, -0.2) is 17.5 Å². The molecule has 1 aromatic carbocycles. The van der Waals surface area contributed by atoms with Gasteiger partial charge in [0.2, 0.25) is 0 Å². The third kappa shape index (κ3) is 2.12. The first-order valence-corrected chi connectivity index (χ1v) is 4.69. The number of aliphatic hydroxyl groups excluding tert-OH is 1. The summed E-state index contributed by atoms with van der Waals surface area (Å²) in [6.45, 7) is 0. The maximum atomic E-state index is 10.3. The molecule has 0 saturated heterocycles. The number of carbonyl (C=O) groups excluding carboxylic acids is 1. The molecule has 74 valence electrons. The molecule has 1 saturated carbocycles. The highest BCUT2D eigenvalue weighted by Gasteiger charge is 2.23. The van der Waals surface area contributed by atoms with Crippen molar-refractivity contribution in [2.45, 2.75) is 25.0 Å². The lowest BCUT2D eigenvalue weighted by Gasteiger charge is -2.06. The lowest BCUT2D eigenvalue weighted by atomic mass is 10.1. The maximum absolute atomic E-state index is 10.3. The molecule has 1 unspecified atom stereocenters. The van der Waals surface area contributed by atoms with Crippen LogP contribution in [0.3, 0.4) is 0 Å². The van der Waals surface area contributed by atoms with Crippen LogP contribution < -0.4 is 4.74 Å². The number of hydrogen-bond donors (Lipinski definition) is 1. The fourth-order valence-corrected chi connectivity index (χ4v) is 1.20. The van der Waals surface area contributed by atoms with Gasteiger partial charge < -0.3 is 14.6 Å². The Kier molecular flexibility index (Phi) is 2.50. The molecule has 1 atom stereocenters. The molecule has 3 heteroatoms. The van der Waals surface area contributed by atoms with Gasteiger partial charge in [0.25, 0.3) is 0 Å². The molecule has 0 radical (unpaired) electrons. The van der Waals surface area contributed by atoms with Crippen molar-refractivity contribution in [1.29, 1.82) is 0 Å². The minimum atomic E-state index is -1.02. The summed E-state index contributed by atoms with van der Waals surface area (Å²) < 4.78 is 5.52. The predicted octanol–water partition coefficient (Wildman–Crippen LogP) is 1.46.